The third-order valence-corrected chi connectivity index (χ3v) is 4.16. The Morgan fingerprint density at radius 1 is 1.15 bits per heavy atom. The van der Waals surface area contributed by atoms with E-state index in [1.54, 1.807) is 25.1 Å². The Morgan fingerprint density at radius 3 is 2.59 bits per heavy atom. The Labute approximate surface area is 163 Å². The second kappa shape index (κ2) is 10.3. The van der Waals surface area contributed by atoms with Gasteiger partial charge in [0.05, 0.1) is 12.8 Å². The van der Waals surface area contributed by atoms with Gasteiger partial charge < -0.3 is 10.1 Å². The van der Waals surface area contributed by atoms with Crippen LogP contribution in [0.2, 0.25) is 5.02 Å². The average molecular weight is 388 g/mol. The molecule has 2 amide bonds. The summed E-state index contributed by atoms with van der Waals surface area (Å²) in [4.78, 5) is 23.8. The molecule has 0 aliphatic rings. The monoisotopic (exact) mass is 387 g/mol. The minimum Gasteiger partial charge on any atom is -0.494 e. The van der Waals surface area contributed by atoms with Gasteiger partial charge in [0.2, 0.25) is 0 Å². The van der Waals surface area contributed by atoms with E-state index >= 15 is 0 Å². The van der Waals surface area contributed by atoms with Gasteiger partial charge in [-0.3, -0.25) is 9.59 Å². The zero-order valence-corrected chi connectivity index (χ0v) is 16.0. The van der Waals surface area contributed by atoms with Crippen LogP contribution in [0.1, 0.15) is 30.9 Å². The quantitative estimate of drug-likeness (QED) is 0.327. The molecule has 0 radical (unpaired) electrons. The summed E-state index contributed by atoms with van der Waals surface area (Å²) in [6.45, 7) is 4.54. The molecule has 0 saturated heterocycles. The predicted molar refractivity (Wildman–Crippen MR) is 107 cm³/mol. The minimum atomic E-state index is -0.870. The molecule has 0 heterocycles. The van der Waals surface area contributed by atoms with Crippen molar-refractivity contribution in [1.29, 1.82) is 0 Å². The Balaban J connectivity index is 1.85. The van der Waals surface area contributed by atoms with Crippen molar-refractivity contribution in [3.63, 3.8) is 0 Å². The first kappa shape index (κ1) is 20.5. The van der Waals surface area contributed by atoms with Gasteiger partial charge in [0.1, 0.15) is 5.75 Å². The number of hydrogen-bond acceptors (Lipinski definition) is 4. The predicted octanol–water partition coefficient (Wildman–Crippen LogP) is 3.92. The molecule has 6 nitrogen and oxygen atoms in total. The number of amides is 2. The van der Waals surface area contributed by atoms with Crippen molar-refractivity contribution in [2.24, 2.45) is 5.10 Å². The second-order valence-corrected chi connectivity index (χ2v) is 6.24. The van der Waals surface area contributed by atoms with Crippen molar-refractivity contribution in [1.82, 2.24) is 5.43 Å². The van der Waals surface area contributed by atoms with Crippen molar-refractivity contribution in [3.05, 3.63) is 58.6 Å². The number of ether oxygens (including phenoxy) is 1. The number of nitrogens with one attached hydrogen (secondary N) is 2. The van der Waals surface area contributed by atoms with Crippen LogP contribution in [0.15, 0.2) is 47.6 Å². The molecule has 0 aliphatic heterocycles. The Morgan fingerprint density at radius 2 is 1.89 bits per heavy atom. The highest BCUT2D eigenvalue weighted by atomic mass is 35.5. The van der Waals surface area contributed by atoms with Gasteiger partial charge in [-0.05, 0) is 60.9 Å². The summed E-state index contributed by atoms with van der Waals surface area (Å²) in [5.74, 6) is -0.914. The van der Waals surface area contributed by atoms with Crippen LogP contribution in [0, 0.1) is 6.92 Å². The van der Waals surface area contributed by atoms with E-state index in [-0.39, 0.29) is 0 Å². The smallest absolute Gasteiger partial charge is 0.329 e. The lowest BCUT2D eigenvalue weighted by Crippen LogP contribution is -2.32. The third kappa shape index (κ3) is 6.42. The Kier molecular flexibility index (Phi) is 7.82. The number of rotatable bonds is 7. The average Bonchev–Trinajstić information content (AvgIpc) is 2.66. The molecule has 0 unspecified atom stereocenters. The molecule has 2 N–H and O–H groups in total. The highest BCUT2D eigenvalue weighted by molar-refractivity contribution is 6.40. The molecule has 27 heavy (non-hydrogen) atoms. The third-order valence-electron chi connectivity index (χ3n) is 3.75. The summed E-state index contributed by atoms with van der Waals surface area (Å²) in [6, 6.07) is 12.3. The molecular weight excluding hydrogens is 366 g/mol. The molecule has 0 bridgehead atoms. The topological polar surface area (TPSA) is 79.8 Å². The summed E-state index contributed by atoms with van der Waals surface area (Å²) >= 11 is 5.99. The van der Waals surface area contributed by atoms with Crippen LogP contribution < -0.4 is 15.5 Å². The van der Waals surface area contributed by atoms with Gasteiger partial charge in [0, 0.05) is 10.7 Å². The van der Waals surface area contributed by atoms with Crippen molar-refractivity contribution < 1.29 is 14.3 Å². The number of carbonyl (C=O) groups is 2. The van der Waals surface area contributed by atoms with E-state index < -0.39 is 11.8 Å². The lowest BCUT2D eigenvalue weighted by molar-refractivity contribution is -0.136. The van der Waals surface area contributed by atoms with Crippen LogP contribution in [0.4, 0.5) is 5.69 Å². The SMILES string of the molecule is CCCCOc1ccc(/C=N/NC(=O)C(=O)Nc2cccc(Cl)c2C)cc1. The lowest BCUT2D eigenvalue weighted by Gasteiger charge is -2.08. The first-order chi connectivity index (χ1) is 13.0. The van der Waals surface area contributed by atoms with Crippen LogP contribution >= 0.6 is 11.6 Å². The van der Waals surface area contributed by atoms with Gasteiger partial charge in [-0.15, -0.1) is 0 Å². The number of anilines is 1. The van der Waals surface area contributed by atoms with E-state index in [0.29, 0.717) is 22.9 Å². The zero-order chi connectivity index (χ0) is 19.6. The molecule has 2 aromatic carbocycles. The van der Waals surface area contributed by atoms with Crippen LogP contribution in [0.3, 0.4) is 0 Å². The maximum Gasteiger partial charge on any atom is 0.329 e. The molecule has 0 saturated carbocycles. The van der Waals surface area contributed by atoms with Gasteiger partial charge in [0.25, 0.3) is 0 Å². The van der Waals surface area contributed by atoms with Crippen molar-refractivity contribution in [2.75, 3.05) is 11.9 Å². The van der Waals surface area contributed by atoms with E-state index in [1.165, 1.54) is 6.21 Å². The number of carbonyl (C=O) groups excluding carboxylic acids is 2. The number of nitrogens with zero attached hydrogens (tertiary/aromatic N) is 1. The van der Waals surface area contributed by atoms with Gasteiger partial charge in [-0.1, -0.05) is 31.0 Å². The van der Waals surface area contributed by atoms with E-state index in [0.717, 1.165) is 24.2 Å². The standard InChI is InChI=1S/C20H22ClN3O3/c1-3-4-12-27-16-10-8-15(9-11-16)13-22-24-20(26)19(25)23-18-7-5-6-17(21)14(18)2/h5-11,13H,3-4,12H2,1-2H3,(H,23,25)(H,24,26)/b22-13+. The van der Waals surface area contributed by atoms with Crippen LogP contribution in [0.25, 0.3) is 0 Å². The molecule has 0 fully saturated rings. The molecule has 142 valence electrons. The largest absolute Gasteiger partial charge is 0.494 e. The molecule has 2 aromatic rings. The number of halogens is 1. The van der Waals surface area contributed by atoms with E-state index in [1.807, 2.05) is 24.3 Å². The van der Waals surface area contributed by atoms with E-state index in [2.05, 4.69) is 22.8 Å². The molecule has 2 rings (SSSR count). The van der Waals surface area contributed by atoms with Gasteiger partial charge in [-0.2, -0.15) is 5.10 Å². The van der Waals surface area contributed by atoms with Crippen LogP contribution in [-0.4, -0.2) is 24.6 Å². The normalized spacial score (nSPS) is 10.6. The maximum absolute atomic E-state index is 11.9. The first-order valence-electron chi connectivity index (χ1n) is 8.63. The molecule has 0 spiro atoms. The molecule has 0 atom stereocenters. The summed E-state index contributed by atoms with van der Waals surface area (Å²) < 4.78 is 5.57. The van der Waals surface area contributed by atoms with Crippen molar-refractivity contribution >= 4 is 35.3 Å². The highest BCUT2D eigenvalue weighted by Gasteiger charge is 2.14. The fourth-order valence-electron chi connectivity index (χ4n) is 2.12. The Hall–Kier alpha value is -2.86. The maximum atomic E-state index is 11.9. The summed E-state index contributed by atoms with van der Waals surface area (Å²) in [7, 11) is 0. The molecule has 0 aromatic heterocycles. The minimum absolute atomic E-state index is 0.477. The number of unbranched alkanes of at least 4 members (excludes halogenated alkanes) is 1. The lowest BCUT2D eigenvalue weighted by atomic mass is 10.2. The Bertz CT molecular complexity index is 820. The van der Waals surface area contributed by atoms with Gasteiger partial charge in [-0.25, -0.2) is 5.43 Å². The fourth-order valence-corrected chi connectivity index (χ4v) is 2.30. The number of hydrazone groups is 1. The zero-order valence-electron chi connectivity index (χ0n) is 15.3. The fraction of sp³-hybridized carbons (Fsp3) is 0.250. The van der Waals surface area contributed by atoms with Crippen molar-refractivity contribution in [3.8, 4) is 5.75 Å². The summed E-state index contributed by atoms with van der Waals surface area (Å²) in [6.07, 6.45) is 3.53. The second-order valence-electron chi connectivity index (χ2n) is 5.84. The number of hydrogen-bond donors (Lipinski definition) is 2. The summed E-state index contributed by atoms with van der Waals surface area (Å²) in [5.41, 5.74) is 4.13. The first-order valence-corrected chi connectivity index (χ1v) is 9.01. The summed E-state index contributed by atoms with van der Waals surface area (Å²) in [5, 5.41) is 6.81. The number of benzene rings is 2. The molecule has 0 aliphatic carbocycles. The highest BCUT2D eigenvalue weighted by Crippen LogP contribution is 2.22. The van der Waals surface area contributed by atoms with Crippen molar-refractivity contribution in [2.45, 2.75) is 26.7 Å². The van der Waals surface area contributed by atoms with Crippen LogP contribution in [-0.2, 0) is 9.59 Å². The molecule has 7 heteroatoms. The van der Waals surface area contributed by atoms with E-state index in [9.17, 15) is 9.59 Å². The van der Waals surface area contributed by atoms with Gasteiger partial charge in [0.15, 0.2) is 0 Å². The molecular formula is C20H22ClN3O3. The van der Waals surface area contributed by atoms with E-state index in [4.69, 9.17) is 16.3 Å². The van der Waals surface area contributed by atoms with Gasteiger partial charge >= 0.3 is 11.8 Å². The van der Waals surface area contributed by atoms with Crippen LogP contribution in [0.5, 0.6) is 5.75 Å².